The Morgan fingerprint density at radius 3 is 2.50 bits per heavy atom. The Balaban J connectivity index is 1.76. The number of primary amides is 1. The molecule has 3 amide bonds. The summed E-state index contributed by atoms with van der Waals surface area (Å²) in [4.78, 5) is 40.8. The van der Waals surface area contributed by atoms with Crippen molar-refractivity contribution in [2.24, 2.45) is 5.73 Å². The molecule has 0 spiro atoms. The molecule has 0 unspecified atom stereocenters. The summed E-state index contributed by atoms with van der Waals surface area (Å²) in [7, 11) is 1.55. The van der Waals surface area contributed by atoms with E-state index in [1.807, 2.05) is 0 Å². The summed E-state index contributed by atoms with van der Waals surface area (Å²) < 4.78 is 14.7. The first-order valence-corrected chi connectivity index (χ1v) is 12.5. The molecular formula is C25H29N5O5S. The van der Waals surface area contributed by atoms with E-state index < -0.39 is 17.9 Å². The Morgan fingerprint density at radius 1 is 1.19 bits per heavy atom. The van der Waals surface area contributed by atoms with Crippen LogP contribution in [-0.2, 0) is 11.3 Å². The van der Waals surface area contributed by atoms with Gasteiger partial charge in [-0.25, -0.2) is 0 Å². The van der Waals surface area contributed by atoms with E-state index in [2.05, 4.69) is 9.69 Å². The van der Waals surface area contributed by atoms with Crippen molar-refractivity contribution >= 4 is 34.9 Å². The summed E-state index contributed by atoms with van der Waals surface area (Å²) in [5.41, 5.74) is 11.7. The highest BCUT2D eigenvalue weighted by Gasteiger charge is 2.36. The fraction of sp³-hybridized carbons (Fsp3) is 0.360. The number of carbonyl (C=O) groups is 3. The number of nitrogen functional groups attached to an aromatic ring is 1. The molecular weight excluding hydrogens is 482 g/mol. The number of nitrogens with two attached hydrogens (primary N) is 2. The average Bonchev–Trinajstić information content (AvgIpc) is 3.54. The van der Waals surface area contributed by atoms with Crippen molar-refractivity contribution in [1.29, 1.82) is 0 Å². The second kappa shape index (κ2) is 11.3. The van der Waals surface area contributed by atoms with E-state index in [0.29, 0.717) is 17.1 Å². The van der Waals surface area contributed by atoms with Gasteiger partial charge in [0.15, 0.2) is 5.69 Å². The minimum Gasteiger partial charge on any atom is -0.497 e. The van der Waals surface area contributed by atoms with E-state index in [-0.39, 0.29) is 34.8 Å². The highest BCUT2D eigenvalue weighted by molar-refractivity contribution is 7.09. The molecule has 4 rings (SSSR count). The van der Waals surface area contributed by atoms with Crippen LogP contribution in [0.4, 0.5) is 5.69 Å². The zero-order chi connectivity index (χ0) is 25.7. The number of methoxy groups -OCH3 is 1. The zero-order valence-corrected chi connectivity index (χ0v) is 20.8. The van der Waals surface area contributed by atoms with Gasteiger partial charge in [-0.05, 0) is 54.2 Å². The van der Waals surface area contributed by atoms with E-state index in [1.165, 1.54) is 11.2 Å². The quantitative estimate of drug-likeness (QED) is 0.398. The van der Waals surface area contributed by atoms with Crippen molar-refractivity contribution < 1.29 is 23.5 Å². The van der Waals surface area contributed by atoms with Gasteiger partial charge in [0.1, 0.15) is 22.4 Å². The normalized spacial score (nSPS) is 14.7. The number of rotatable bonds is 9. The van der Waals surface area contributed by atoms with Crippen molar-refractivity contribution in [2.45, 2.75) is 50.7 Å². The van der Waals surface area contributed by atoms with Crippen LogP contribution in [0.25, 0.3) is 0 Å². The number of ether oxygens (including phenoxy) is 1. The number of amides is 3. The topological polar surface area (TPSA) is 154 Å². The summed E-state index contributed by atoms with van der Waals surface area (Å²) in [6.45, 7) is -0.0101. The largest absolute Gasteiger partial charge is 0.497 e. The predicted octanol–water partition coefficient (Wildman–Crippen LogP) is 3.26. The van der Waals surface area contributed by atoms with Crippen molar-refractivity contribution in [2.75, 3.05) is 12.8 Å². The van der Waals surface area contributed by atoms with Gasteiger partial charge in [-0.2, -0.15) is 4.37 Å². The van der Waals surface area contributed by atoms with Gasteiger partial charge in [0.25, 0.3) is 11.8 Å². The van der Waals surface area contributed by atoms with Gasteiger partial charge in [-0.3, -0.25) is 14.4 Å². The number of anilines is 1. The Morgan fingerprint density at radius 2 is 1.92 bits per heavy atom. The number of hydrogen-bond acceptors (Lipinski definition) is 8. The molecule has 1 saturated carbocycles. The summed E-state index contributed by atoms with van der Waals surface area (Å²) in [6, 6.07) is 9.41. The van der Waals surface area contributed by atoms with E-state index >= 15 is 0 Å². The maximum atomic E-state index is 13.9. The summed E-state index contributed by atoms with van der Waals surface area (Å²) in [6.07, 6.45) is 6.49. The summed E-state index contributed by atoms with van der Waals surface area (Å²) >= 11 is 0.770. The fourth-order valence-corrected chi connectivity index (χ4v) is 5.16. The minimum atomic E-state index is -1.01. The third kappa shape index (κ3) is 5.51. The standard InChI is InChI=1S/C25H29N5O5S/c1-34-17-11-9-15(10-12-17)21(24(32)28-16-6-3-2-4-7-16)30(14-18-8-5-13-35-18)25(33)22-19(26)20(23(27)31)29-36-22/h5,8-13,16,21H,2-4,6-7,14,26H2,1H3,(H2,27,31)(H,28,32)/t21-/m1/s1. The maximum Gasteiger partial charge on any atom is 0.270 e. The smallest absolute Gasteiger partial charge is 0.270 e. The lowest BCUT2D eigenvalue weighted by atomic mass is 9.94. The molecule has 1 atom stereocenters. The van der Waals surface area contributed by atoms with E-state index in [9.17, 15) is 14.4 Å². The number of nitrogens with one attached hydrogen (secondary N) is 1. The molecule has 3 aromatic rings. The van der Waals surface area contributed by atoms with E-state index in [4.69, 9.17) is 20.6 Å². The van der Waals surface area contributed by atoms with E-state index in [0.717, 1.165) is 43.6 Å². The van der Waals surface area contributed by atoms with Gasteiger partial charge in [0.2, 0.25) is 5.91 Å². The molecule has 1 fully saturated rings. The van der Waals surface area contributed by atoms with Gasteiger partial charge in [0.05, 0.1) is 25.6 Å². The molecule has 36 heavy (non-hydrogen) atoms. The second-order valence-electron chi connectivity index (χ2n) is 8.67. The Labute approximate surface area is 212 Å². The van der Waals surface area contributed by atoms with Crippen LogP contribution < -0.4 is 21.5 Å². The van der Waals surface area contributed by atoms with Crippen molar-refractivity contribution in [3.05, 3.63) is 64.6 Å². The first-order chi connectivity index (χ1) is 17.4. The monoisotopic (exact) mass is 511 g/mol. The lowest BCUT2D eigenvalue weighted by Crippen LogP contribution is -2.46. The first kappa shape index (κ1) is 25.2. The molecule has 11 heteroatoms. The summed E-state index contributed by atoms with van der Waals surface area (Å²) in [5, 5.41) is 3.14. The second-order valence-corrected chi connectivity index (χ2v) is 9.44. The van der Waals surface area contributed by atoms with Gasteiger partial charge < -0.3 is 30.8 Å². The number of nitrogens with zero attached hydrogens (tertiary/aromatic N) is 2. The lowest BCUT2D eigenvalue weighted by molar-refractivity contribution is -0.127. The molecule has 0 aliphatic heterocycles. The number of carbonyl (C=O) groups excluding carboxylic acids is 3. The van der Waals surface area contributed by atoms with Crippen LogP contribution in [0, 0.1) is 0 Å². The minimum absolute atomic E-state index is 0.0101. The molecule has 1 aliphatic carbocycles. The van der Waals surface area contributed by atoms with Crippen LogP contribution in [0.1, 0.15) is 69.6 Å². The molecule has 190 valence electrons. The Bertz CT molecular complexity index is 1200. The number of aromatic nitrogens is 1. The van der Waals surface area contributed by atoms with Crippen LogP contribution in [0.5, 0.6) is 5.75 Å². The molecule has 0 bridgehead atoms. The molecule has 0 saturated heterocycles. The van der Waals surface area contributed by atoms with Crippen LogP contribution in [-0.4, -0.2) is 40.1 Å². The fourth-order valence-electron chi connectivity index (χ4n) is 4.40. The predicted molar refractivity (Wildman–Crippen MR) is 134 cm³/mol. The van der Waals surface area contributed by atoms with Gasteiger partial charge in [0, 0.05) is 6.04 Å². The molecule has 1 aromatic carbocycles. The van der Waals surface area contributed by atoms with Crippen LogP contribution in [0.3, 0.4) is 0 Å². The first-order valence-electron chi connectivity index (χ1n) is 11.7. The molecule has 2 aromatic heterocycles. The van der Waals surface area contributed by atoms with Gasteiger partial charge in [-0.15, -0.1) is 0 Å². The maximum absolute atomic E-state index is 13.9. The van der Waals surface area contributed by atoms with E-state index in [1.54, 1.807) is 43.5 Å². The lowest BCUT2D eigenvalue weighted by Gasteiger charge is -2.32. The van der Waals surface area contributed by atoms with Crippen LogP contribution in [0.2, 0.25) is 0 Å². The van der Waals surface area contributed by atoms with Crippen molar-refractivity contribution in [3.8, 4) is 5.75 Å². The number of benzene rings is 1. The molecule has 10 nitrogen and oxygen atoms in total. The third-order valence-corrected chi connectivity index (χ3v) is 7.12. The molecule has 0 radical (unpaired) electrons. The molecule has 2 heterocycles. The number of hydrogen-bond donors (Lipinski definition) is 3. The highest BCUT2D eigenvalue weighted by atomic mass is 32.1. The summed E-state index contributed by atoms with van der Waals surface area (Å²) in [5.74, 6) is -0.613. The average molecular weight is 512 g/mol. The Kier molecular flexibility index (Phi) is 7.89. The number of furan rings is 1. The van der Waals surface area contributed by atoms with Gasteiger partial charge in [-0.1, -0.05) is 31.4 Å². The highest BCUT2D eigenvalue weighted by Crippen LogP contribution is 2.31. The zero-order valence-electron chi connectivity index (χ0n) is 19.9. The molecule has 1 aliphatic rings. The SMILES string of the molecule is COc1ccc([C@H](C(=O)NC2CCCCC2)N(Cc2ccco2)C(=O)c2snc(C(N)=O)c2N)cc1. The van der Waals surface area contributed by atoms with Crippen molar-refractivity contribution in [3.63, 3.8) is 0 Å². The van der Waals surface area contributed by atoms with Crippen molar-refractivity contribution in [1.82, 2.24) is 14.6 Å². The Hall–Kier alpha value is -3.86. The van der Waals surface area contributed by atoms with Crippen LogP contribution in [0.15, 0.2) is 47.1 Å². The van der Waals surface area contributed by atoms with Crippen LogP contribution >= 0.6 is 11.5 Å². The third-order valence-electron chi connectivity index (χ3n) is 6.27. The molecule has 5 N–H and O–H groups in total. The van der Waals surface area contributed by atoms with Gasteiger partial charge >= 0.3 is 0 Å².